The molecule has 2 aromatic carbocycles. The minimum absolute atomic E-state index is 0.161. The molecule has 92 valence electrons. The average molecular weight is 242 g/mol. The molecule has 0 saturated heterocycles. The monoisotopic (exact) mass is 242 g/mol. The SMILES string of the molecule is COC=C(C(=O)O)c1cccc2ccc(C)cc12. The molecule has 0 aromatic heterocycles. The third-order valence-electron chi connectivity index (χ3n) is 2.79. The van der Waals surface area contributed by atoms with Gasteiger partial charge in [0.25, 0.3) is 0 Å². The number of aryl methyl sites for hydroxylation is 1. The lowest BCUT2D eigenvalue weighted by Gasteiger charge is -2.08. The van der Waals surface area contributed by atoms with Crippen molar-refractivity contribution in [3.63, 3.8) is 0 Å². The predicted octanol–water partition coefficient (Wildman–Crippen LogP) is 3.22. The molecule has 0 atom stereocenters. The topological polar surface area (TPSA) is 46.5 Å². The van der Waals surface area contributed by atoms with E-state index in [0.717, 1.165) is 16.3 Å². The Balaban J connectivity index is 2.73. The second-order valence-corrected chi connectivity index (χ2v) is 4.10. The molecule has 18 heavy (non-hydrogen) atoms. The van der Waals surface area contributed by atoms with Gasteiger partial charge in [0.15, 0.2) is 0 Å². The number of hydrogen-bond donors (Lipinski definition) is 1. The second-order valence-electron chi connectivity index (χ2n) is 4.10. The van der Waals surface area contributed by atoms with Gasteiger partial charge in [0.05, 0.1) is 13.4 Å². The maximum atomic E-state index is 11.3. The normalized spacial score (nSPS) is 11.6. The molecule has 0 amide bonds. The van der Waals surface area contributed by atoms with Gasteiger partial charge in [0, 0.05) is 0 Å². The number of aliphatic carboxylic acids is 1. The number of hydrogen-bond acceptors (Lipinski definition) is 2. The summed E-state index contributed by atoms with van der Waals surface area (Å²) >= 11 is 0. The number of fused-ring (bicyclic) bond motifs is 1. The Bertz CT molecular complexity index is 627. The van der Waals surface area contributed by atoms with Crippen LogP contribution in [0.25, 0.3) is 16.3 Å². The highest BCUT2D eigenvalue weighted by atomic mass is 16.5. The van der Waals surface area contributed by atoms with Crippen LogP contribution in [0.2, 0.25) is 0 Å². The van der Waals surface area contributed by atoms with Crippen LogP contribution in [-0.2, 0) is 9.53 Å². The summed E-state index contributed by atoms with van der Waals surface area (Å²) in [6.45, 7) is 1.98. The van der Waals surface area contributed by atoms with Crippen molar-refractivity contribution in [2.24, 2.45) is 0 Å². The number of rotatable bonds is 3. The quantitative estimate of drug-likeness (QED) is 0.664. The van der Waals surface area contributed by atoms with Crippen LogP contribution in [-0.4, -0.2) is 18.2 Å². The molecule has 0 bridgehead atoms. The minimum atomic E-state index is -0.995. The lowest BCUT2D eigenvalue weighted by molar-refractivity contribution is -0.130. The average Bonchev–Trinajstić information content (AvgIpc) is 2.35. The zero-order valence-electron chi connectivity index (χ0n) is 10.3. The number of carboxylic acid groups (broad SMARTS) is 1. The van der Waals surface area contributed by atoms with Crippen LogP contribution >= 0.6 is 0 Å². The first-order chi connectivity index (χ1) is 8.63. The fourth-order valence-electron chi connectivity index (χ4n) is 1.97. The van der Waals surface area contributed by atoms with Crippen LogP contribution in [0.3, 0.4) is 0 Å². The van der Waals surface area contributed by atoms with Crippen molar-refractivity contribution < 1.29 is 14.6 Å². The minimum Gasteiger partial charge on any atom is -0.503 e. The van der Waals surface area contributed by atoms with Gasteiger partial charge < -0.3 is 9.84 Å². The van der Waals surface area contributed by atoms with E-state index in [9.17, 15) is 9.90 Å². The third kappa shape index (κ3) is 2.20. The smallest absolute Gasteiger partial charge is 0.339 e. The summed E-state index contributed by atoms with van der Waals surface area (Å²) in [5, 5.41) is 11.2. The molecule has 1 N–H and O–H groups in total. The largest absolute Gasteiger partial charge is 0.503 e. The molecule has 3 heteroatoms. The Labute approximate surface area is 105 Å². The van der Waals surface area contributed by atoms with Crippen molar-refractivity contribution in [2.45, 2.75) is 6.92 Å². The zero-order chi connectivity index (χ0) is 13.1. The van der Waals surface area contributed by atoms with E-state index in [1.165, 1.54) is 13.4 Å². The van der Waals surface area contributed by atoms with Crippen molar-refractivity contribution in [2.75, 3.05) is 7.11 Å². The second kappa shape index (κ2) is 4.92. The molecule has 0 radical (unpaired) electrons. The third-order valence-corrected chi connectivity index (χ3v) is 2.79. The molecule has 0 aliphatic heterocycles. The molecular formula is C15H14O3. The van der Waals surface area contributed by atoms with Gasteiger partial charge in [-0.15, -0.1) is 0 Å². The van der Waals surface area contributed by atoms with Gasteiger partial charge in [-0.05, 0) is 23.3 Å². The van der Waals surface area contributed by atoms with E-state index in [0.29, 0.717) is 5.56 Å². The van der Waals surface area contributed by atoms with Gasteiger partial charge in [-0.25, -0.2) is 4.79 Å². The van der Waals surface area contributed by atoms with Gasteiger partial charge in [-0.2, -0.15) is 0 Å². The first-order valence-corrected chi connectivity index (χ1v) is 5.59. The van der Waals surface area contributed by atoms with E-state index >= 15 is 0 Å². The van der Waals surface area contributed by atoms with Crippen molar-refractivity contribution in [3.8, 4) is 0 Å². The van der Waals surface area contributed by atoms with E-state index in [4.69, 9.17) is 4.74 Å². The van der Waals surface area contributed by atoms with Gasteiger partial charge in [-0.3, -0.25) is 0 Å². The summed E-state index contributed by atoms with van der Waals surface area (Å²) in [6.07, 6.45) is 1.26. The Morgan fingerprint density at radius 1 is 1.28 bits per heavy atom. The summed E-state index contributed by atoms with van der Waals surface area (Å²) < 4.78 is 4.86. The zero-order valence-corrected chi connectivity index (χ0v) is 10.3. The first-order valence-electron chi connectivity index (χ1n) is 5.59. The molecule has 0 aliphatic rings. The number of carbonyl (C=O) groups is 1. The van der Waals surface area contributed by atoms with Crippen LogP contribution in [0.1, 0.15) is 11.1 Å². The summed E-state index contributed by atoms with van der Waals surface area (Å²) in [5.74, 6) is -0.995. The molecule has 3 nitrogen and oxygen atoms in total. The highest BCUT2D eigenvalue weighted by Gasteiger charge is 2.13. The Kier molecular flexibility index (Phi) is 3.33. The van der Waals surface area contributed by atoms with Crippen LogP contribution in [0.15, 0.2) is 42.7 Å². The fraction of sp³-hybridized carbons (Fsp3) is 0.133. The van der Waals surface area contributed by atoms with Crippen molar-refractivity contribution >= 4 is 22.3 Å². The highest BCUT2D eigenvalue weighted by molar-refractivity contribution is 6.19. The maximum absolute atomic E-state index is 11.3. The Morgan fingerprint density at radius 2 is 2.06 bits per heavy atom. The van der Waals surface area contributed by atoms with Crippen LogP contribution < -0.4 is 0 Å². The summed E-state index contributed by atoms with van der Waals surface area (Å²) in [5.41, 5.74) is 1.93. The molecule has 0 aliphatic carbocycles. The molecule has 0 heterocycles. The summed E-state index contributed by atoms with van der Waals surface area (Å²) in [6, 6.07) is 11.6. The van der Waals surface area contributed by atoms with E-state index in [-0.39, 0.29) is 5.57 Å². The summed E-state index contributed by atoms with van der Waals surface area (Å²) in [4.78, 5) is 11.3. The molecule has 2 aromatic rings. The van der Waals surface area contributed by atoms with Crippen LogP contribution in [0, 0.1) is 6.92 Å². The molecule has 0 spiro atoms. The summed E-state index contributed by atoms with van der Waals surface area (Å²) in [7, 11) is 1.44. The van der Waals surface area contributed by atoms with Crippen molar-refractivity contribution in [3.05, 3.63) is 53.8 Å². The lowest BCUT2D eigenvalue weighted by Crippen LogP contribution is -2.01. The van der Waals surface area contributed by atoms with E-state index in [2.05, 4.69) is 0 Å². The number of ether oxygens (including phenoxy) is 1. The van der Waals surface area contributed by atoms with Crippen molar-refractivity contribution in [1.82, 2.24) is 0 Å². The standard InChI is InChI=1S/C15H14O3/c1-10-6-7-11-4-3-5-12(13(11)8-10)14(9-18-2)15(16)17/h3-9H,1-2H3,(H,16,17). The molecular weight excluding hydrogens is 228 g/mol. The number of carboxylic acids is 1. The highest BCUT2D eigenvalue weighted by Crippen LogP contribution is 2.26. The van der Waals surface area contributed by atoms with Gasteiger partial charge >= 0.3 is 5.97 Å². The first kappa shape index (κ1) is 12.2. The van der Waals surface area contributed by atoms with Crippen molar-refractivity contribution in [1.29, 1.82) is 0 Å². The van der Waals surface area contributed by atoms with Crippen LogP contribution in [0.5, 0.6) is 0 Å². The number of benzene rings is 2. The predicted molar refractivity (Wildman–Crippen MR) is 71.3 cm³/mol. The molecule has 0 saturated carbocycles. The molecule has 0 unspecified atom stereocenters. The Hall–Kier alpha value is -2.29. The fourth-order valence-corrected chi connectivity index (χ4v) is 1.97. The lowest BCUT2D eigenvalue weighted by atomic mass is 9.97. The van der Waals surface area contributed by atoms with E-state index < -0.39 is 5.97 Å². The van der Waals surface area contributed by atoms with Gasteiger partial charge in [-0.1, -0.05) is 42.0 Å². The Morgan fingerprint density at radius 3 is 2.72 bits per heavy atom. The van der Waals surface area contributed by atoms with E-state index in [1.807, 2.05) is 37.3 Å². The van der Waals surface area contributed by atoms with Gasteiger partial charge in [0.2, 0.25) is 0 Å². The van der Waals surface area contributed by atoms with E-state index in [1.54, 1.807) is 6.07 Å². The van der Waals surface area contributed by atoms with Gasteiger partial charge in [0.1, 0.15) is 5.57 Å². The molecule has 0 fully saturated rings. The molecule has 2 rings (SSSR count). The van der Waals surface area contributed by atoms with Crippen LogP contribution in [0.4, 0.5) is 0 Å². The maximum Gasteiger partial charge on any atom is 0.339 e. The number of methoxy groups -OCH3 is 1.